The van der Waals surface area contributed by atoms with Crippen LogP contribution < -0.4 is 11.5 Å². The maximum absolute atomic E-state index is 9.00. The Morgan fingerprint density at radius 1 is 1.39 bits per heavy atom. The van der Waals surface area contributed by atoms with E-state index in [1.807, 2.05) is 0 Å². The molecule has 0 amide bonds. The Hall–Kier alpha value is -1.79. The normalized spacial score (nSPS) is 9.50. The van der Waals surface area contributed by atoms with Crippen molar-refractivity contribution in [2.75, 3.05) is 0 Å². The molecule has 0 spiro atoms. The summed E-state index contributed by atoms with van der Waals surface area (Å²) in [5.74, 6) is -0.945. The van der Waals surface area contributed by atoms with Crippen LogP contribution >= 0.6 is 23.2 Å². The van der Waals surface area contributed by atoms with E-state index in [1.165, 1.54) is 6.21 Å². The molecule has 1 aromatic rings. The summed E-state index contributed by atoms with van der Waals surface area (Å²) < 4.78 is 0. The Balaban J connectivity index is 0.000000631. The van der Waals surface area contributed by atoms with Gasteiger partial charge < -0.3 is 16.6 Å². The summed E-state index contributed by atoms with van der Waals surface area (Å²) in [5.41, 5.74) is 10.8. The second-order valence-electron chi connectivity index (χ2n) is 2.93. The number of nitrogens with two attached hydrogens (primary N) is 2. The van der Waals surface area contributed by atoms with Gasteiger partial charge in [0, 0.05) is 12.5 Å². The van der Waals surface area contributed by atoms with Crippen LogP contribution in [0.4, 0.5) is 0 Å². The van der Waals surface area contributed by atoms with Crippen molar-refractivity contribution >= 4 is 41.3 Å². The largest absolute Gasteiger partial charge is 0.481 e. The third-order valence-corrected chi connectivity index (χ3v) is 2.19. The first-order valence-corrected chi connectivity index (χ1v) is 5.35. The lowest BCUT2D eigenvalue weighted by Gasteiger charge is -1.97. The van der Waals surface area contributed by atoms with Gasteiger partial charge in [-0.25, -0.2) is 0 Å². The summed E-state index contributed by atoms with van der Waals surface area (Å²) in [5, 5.41) is 15.3. The number of guanidine groups is 1. The zero-order valence-corrected chi connectivity index (χ0v) is 11.0. The van der Waals surface area contributed by atoms with E-state index in [9.17, 15) is 0 Å². The summed E-state index contributed by atoms with van der Waals surface area (Å²) >= 11 is 11.7. The van der Waals surface area contributed by atoms with E-state index in [0.29, 0.717) is 15.6 Å². The topological polar surface area (TPSA) is 114 Å². The van der Waals surface area contributed by atoms with Crippen LogP contribution in [-0.2, 0) is 4.79 Å². The highest BCUT2D eigenvalue weighted by molar-refractivity contribution is 6.43. The van der Waals surface area contributed by atoms with Gasteiger partial charge in [-0.05, 0) is 6.07 Å². The van der Waals surface area contributed by atoms with Crippen molar-refractivity contribution in [2.45, 2.75) is 6.92 Å². The van der Waals surface area contributed by atoms with Gasteiger partial charge in [-0.15, -0.1) is 5.10 Å². The summed E-state index contributed by atoms with van der Waals surface area (Å²) in [6.45, 7) is 1.08. The van der Waals surface area contributed by atoms with Crippen molar-refractivity contribution < 1.29 is 9.90 Å². The smallest absolute Gasteiger partial charge is 0.300 e. The molecule has 0 aliphatic rings. The fraction of sp³-hybridized carbons (Fsp3) is 0.100. The first kappa shape index (κ1) is 16.2. The molecular formula is C10H12Cl2N4O2. The molecule has 6 nitrogen and oxygen atoms in total. The molecule has 0 atom stereocenters. The van der Waals surface area contributed by atoms with Crippen LogP contribution in [0.2, 0.25) is 10.0 Å². The number of carbonyl (C=O) groups is 1. The van der Waals surface area contributed by atoms with Crippen molar-refractivity contribution in [3.05, 3.63) is 33.8 Å². The van der Waals surface area contributed by atoms with E-state index in [1.54, 1.807) is 18.2 Å². The Morgan fingerprint density at radius 2 is 1.94 bits per heavy atom. The molecule has 0 saturated carbocycles. The number of carboxylic acid groups (broad SMARTS) is 1. The van der Waals surface area contributed by atoms with Crippen molar-refractivity contribution in [1.82, 2.24) is 0 Å². The number of carboxylic acids is 1. The monoisotopic (exact) mass is 290 g/mol. The van der Waals surface area contributed by atoms with Crippen LogP contribution in [0.3, 0.4) is 0 Å². The number of hydrogen-bond donors (Lipinski definition) is 3. The highest BCUT2D eigenvalue weighted by atomic mass is 35.5. The first-order valence-electron chi connectivity index (χ1n) is 4.60. The molecule has 0 bridgehead atoms. The van der Waals surface area contributed by atoms with E-state index in [-0.39, 0.29) is 5.96 Å². The molecule has 18 heavy (non-hydrogen) atoms. The Bertz CT molecular complexity index is 467. The second-order valence-corrected chi connectivity index (χ2v) is 3.72. The molecule has 0 aliphatic carbocycles. The van der Waals surface area contributed by atoms with Gasteiger partial charge in [0.25, 0.3) is 5.97 Å². The summed E-state index contributed by atoms with van der Waals surface area (Å²) in [4.78, 5) is 9.00. The number of aliphatic carboxylic acids is 1. The fourth-order valence-corrected chi connectivity index (χ4v) is 1.13. The minimum absolute atomic E-state index is 0.112. The molecule has 1 aromatic carbocycles. The zero-order valence-electron chi connectivity index (χ0n) is 9.47. The van der Waals surface area contributed by atoms with Crippen molar-refractivity contribution in [1.29, 1.82) is 0 Å². The Labute approximate surface area is 114 Å². The van der Waals surface area contributed by atoms with E-state index in [2.05, 4.69) is 10.2 Å². The van der Waals surface area contributed by atoms with Crippen LogP contribution in [0.1, 0.15) is 12.5 Å². The van der Waals surface area contributed by atoms with Crippen LogP contribution in [0.15, 0.2) is 28.4 Å². The van der Waals surface area contributed by atoms with E-state index >= 15 is 0 Å². The van der Waals surface area contributed by atoms with Gasteiger partial charge in [-0.2, -0.15) is 5.10 Å². The quantitative estimate of drug-likeness (QED) is 0.437. The van der Waals surface area contributed by atoms with Gasteiger partial charge in [0.1, 0.15) is 0 Å². The molecule has 0 fully saturated rings. The highest BCUT2D eigenvalue weighted by Crippen LogP contribution is 2.24. The molecule has 5 N–H and O–H groups in total. The molecule has 0 heterocycles. The lowest BCUT2D eigenvalue weighted by atomic mass is 10.2. The summed E-state index contributed by atoms with van der Waals surface area (Å²) in [6.07, 6.45) is 1.42. The molecule has 0 aromatic heterocycles. The Morgan fingerprint density at radius 3 is 2.44 bits per heavy atom. The molecule has 0 aliphatic heterocycles. The van der Waals surface area contributed by atoms with Gasteiger partial charge in [-0.1, -0.05) is 35.3 Å². The van der Waals surface area contributed by atoms with Crippen molar-refractivity contribution in [3.8, 4) is 0 Å². The molecule has 1 rings (SSSR count). The minimum Gasteiger partial charge on any atom is -0.481 e. The highest BCUT2D eigenvalue weighted by Gasteiger charge is 2.00. The van der Waals surface area contributed by atoms with Gasteiger partial charge in [0.2, 0.25) is 5.96 Å². The van der Waals surface area contributed by atoms with Crippen molar-refractivity contribution in [2.24, 2.45) is 21.7 Å². The summed E-state index contributed by atoms with van der Waals surface area (Å²) in [7, 11) is 0. The third-order valence-electron chi connectivity index (χ3n) is 1.35. The number of rotatable bonds is 2. The summed E-state index contributed by atoms with van der Waals surface area (Å²) in [6, 6.07) is 5.19. The lowest BCUT2D eigenvalue weighted by molar-refractivity contribution is -0.134. The van der Waals surface area contributed by atoms with Gasteiger partial charge in [0.15, 0.2) is 0 Å². The average molecular weight is 291 g/mol. The maximum Gasteiger partial charge on any atom is 0.300 e. The molecular weight excluding hydrogens is 279 g/mol. The molecule has 0 unspecified atom stereocenters. The lowest BCUT2D eigenvalue weighted by Crippen LogP contribution is -2.21. The molecule has 0 radical (unpaired) electrons. The van der Waals surface area contributed by atoms with Crippen LogP contribution in [0.5, 0.6) is 0 Å². The average Bonchev–Trinajstić information content (AvgIpc) is 2.23. The van der Waals surface area contributed by atoms with Crippen LogP contribution in [0.25, 0.3) is 0 Å². The van der Waals surface area contributed by atoms with E-state index in [0.717, 1.165) is 6.92 Å². The molecule has 98 valence electrons. The second kappa shape index (κ2) is 8.32. The number of benzene rings is 1. The van der Waals surface area contributed by atoms with Crippen molar-refractivity contribution in [3.63, 3.8) is 0 Å². The third kappa shape index (κ3) is 7.48. The number of hydrogen-bond acceptors (Lipinski definition) is 3. The van der Waals surface area contributed by atoms with Gasteiger partial charge >= 0.3 is 0 Å². The SMILES string of the molecule is CC(=O)O.NC(N)=N/N=C/c1cccc(Cl)c1Cl. The van der Waals surface area contributed by atoms with Gasteiger partial charge in [-0.3, -0.25) is 4.79 Å². The zero-order chi connectivity index (χ0) is 14.1. The van der Waals surface area contributed by atoms with Gasteiger partial charge in [0.05, 0.1) is 16.3 Å². The predicted molar refractivity (Wildman–Crippen MR) is 73.2 cm³/mol. The van der Waals surface area contributed by atoms with Crippen LogP contribution in [0, 0.1) is 0 Å². The molecule has 8 heteroatoms. The first-order chi connectivity index (χ1) is 8.34. The maximum atomic E-state index is 9.00. The standard InChI is InChI=1S/C8H8Cl2N4.C2H4O2/c9-6-3-1-2-5(7(6)10)4-13-14-8(11)12;1-2(3)4/h1-4H,(H4,11,12,14);1H3,(H,3,4)/b13-4+;. The van der Waals surface area contributed by atoms with Crippen LogP contribution in [-0.4, -0.2) is 23.2 Å². The minimum atomic E-state index is -0.833. The molecule has 0 saturated heterocycles. The van der Waals surface area contributed by atoms with E-state index in [4.69, 9.17) is 44.6 Å². The fourth-order valence-electron chi connectivity index (χ4n) is 0.778. The van der Waals surface area contributed by atoms with E-state index < -0.39 is 5.97 Å². The number of nitrogens with zero attached hydrogens (tertiary/aromatic N) is 2. The Kier molecular flexibility index (Phi) is 7.50. The number of halogens is 2. The predicted octanol–water partition coefficient (Wildman–Crippen LogP) is 1.69.